The van der Waals surface area contributed by atoms with Gasteiger partial charge in [-0.15, -0.1) is 0 Å². The van der Waals surface area contributed by atoms with Crippen LogP contribution in [-0.4, -0.2) is 56.3 Å². The van der Waals surface area contributed by atoms with Crippen LogP contribution in [0, 0.1) is 0 Å². The highest BCUT2D eigenvalue weighted by atomic mass is 32.1. The summed E-state index contributed by atoms with van der Waals surface area (Å²) < 4.78 is 5.08. The van der Waals surface area contributed by atoms with Crippen molar-refractivity contribution in [1.29, 1.82) is 0 Å². The molecule has 0 spiro atoms. The molecule has 0 saturated heterocycles. The maximum atomic E-state index is 9.28. The van der Waals surface area contributed by atoms with E-state index >= 15 is 0 Å². The predicted octanol–water partition coefficient (Wildman–Crippen LogP) is 1.17. The lowest BCUT2D eigenvalue weighted by atomic mass is 10.4. The van der Waals surface area contributed by atoms with Crippen LogP contribution >= 0.6 is 11.3 Å². The van der Waals surface area contributed by atoms with Crippen LogP contribution in [0.25, 0.3) is 0 Å². The zero-order valence-electron chi connectivity index (χ0n) is 11.6. The fourth-order valence-corrected chi connectivity index (χ4v) is 2.54. The molecule has 0 aromatic carbocycles. The van der Waals surface area contributed by atoms with Gasteiger partial charge in [-0.25, -0.2) is 4.98 Å². The second-order valence-electron chi connectivity index (χ2n) is 4.54. The number of anilines is 1. The van der Waals surface area contributed by atoms with Gasteiger partial charge in [-0.2, -0.15) is 0 Å². The summed E-state index contributed by atoms with van der Waals surface area (Å²) in [6, 6.07) is 0. The molecule has 0 aliphatic rings. The largest absolute Gasteiger partial charge is 0.391 e. The molecule has 0 saturated carbocycles. The number of nitrogens with zero attached hydrogens (tertiary/aromatic N) is 3. The van der Waals surface area contributed by atoms with E-state index in [1.54, 1.807) is 7.11 Å². The average molecular weight is 273 g/mol. The van der Waals surface area contributed by atoms with Crippen molar-refractivity contribution in [3.05, 3.63) is 10.6 Å². The van der Waals surface area contributed by atoms with Crippen LogP contribution in [0.1, 0.15) is 17.0 Å². The van der Waals surface area contributed by atoms with Gasteiger partial charge in [0.1, 0.15) is 0 Å². The smallest absolute Gasteiger partial charge is 0.185 e. The van der Waals surface area contributed by atoms with Crippen LogP contribution in [0.2, 0.25) is 0 Å². The van der Waals surface area contributed by atoms with Crippen LogP contribution in [0.15, 0.2) is 0 Å². The molecule has 1 N–H and O–H groups in total. The van der Waals surface area contributed by atoms with Crippen LogP contribution in [-0.2, 0) is 18.0 Å². The first-order chi connectivity index (χ1) is 8.58. The molecule has 1 rings (SSSR count). The van der Waals surface area contributed by atoms with Crippen molar-refractivity contribution in [3.63, 3.8) is 0 Å². The number of methoxy groups -OCH3 is 1. The van der Waals surface area contributed by atoms with Crippen molar-refractivity contribution >= 4 is 16.5 Å². The number of thiazole rings is 1. The minimum atomic E-state index is 0.0297. The quantitative estimate of drug-likeness (QED) is 0.770. The van der Waals surface area contributed by atoms with E-state index in [0.717, 1.165) is 35.2 Å². The van der Waals surface area contributed by atoms with Crippen LogP contribution in [0.5, 0.6) is 0 Å². The molecule has 0 aliphatic carbocycles. The molecule has 18 heavy (non-hydrogen) atoms. The molecule has 0 amide bonds. The summed E-state index contributed by atoms with van der Waals surface area (Å²) in [6.45, 7) is 2.51. The Morgan fingerprint density at radius 2 is 2.00 bits per heavy atom. The van der Waals surface area contributed by atoms with Gasteiger partial charge < -0.3 is 19.6 Å². The van der Waals surface area contributed by atoms with Crippen molar-refractivity contribution < 1.29 is 9.84 Å². The predicted molar refractivity (Wildman–Crippen MR) is 75.2 cm³/mol. The van der Waals surface area contributed by atoms with Crippen molar-refractivity contribution in [2.24, 2.45) is 0 Å². The molecule has 6 heteroatoms. The van der Waals surface area contributed by atoms with Crippen molar-refractivity contribution in [2.45, 2.75) is 19.6 Å². The minimum absolute atomic E-state index is 0.0297. The molecule has 0 bridgehead atoms. The van der Waals surface area contributed by atoms with E-state index in [2.05, 4.69) is 28.9 Å². The Kier molecular flexibility index (Phi) is 6.56. The Hall–Kier alpha value is -0.690. The first kappa shape index (κ1) is 15.4. The fraction of sp³-hybridized carbons (Fsp3) is 0.750. The van der Waals surface area contributed by atoms with E-state index in [1.807, 2.05) is 7.05 Å². The zero-order valence-corrected chi connectivity index (χ0v) is 12.5. The van der Waals surface area contributed by atoms with Gasteiger partial charge >= 0.3 is 0 Å². The third kappa shape index (κ3) is 4.53. The van der Waals surface area contributed by atoms with Gasteiger partial charge in [0.05, 0.1) is 23.8 Å². The fourth-order valence-electron chi connectivity index (χ4n) is 1.63. The van der Waals surface area contributed by atoms with Gasteiger partial charge in [0, 0.05) is 20.7 Å². The molecule has 104 valence electrons. The lowest BCUT2D eigenvalue weighted by molar-refractivity contribution is 0.179. The first-order valence-corrected chi connectivity index (χ1v) is 6.84. The summed E-state index contributed by atoms with van der Waals surface area (Å²) in [5.74, 6) is 0. The monoisotopic (exact) mass is 273 g/mol. The summed E-state index contributed by atoms with van der Waals surface area (Å²) in [7, 11) is 7.82. The highest BCUT2D eigenvalue weighted by molar-refractivity contribution is 7.15. The van der Waals surface area contributed by atoms with Crippen molar-refractivity contribution in [3.8, 4) is 0 Å². The van der Waals surface area contributed by atoms with Gasteiger partial charge in [-0.1, -0.05) is 11.3 Å². The molecule has 1 heterocycles. The van der Waals surface area contributed by atoms with Crippen molar-refractivity contribution in [2.75, 3.05) is 46.2 Å². The maximum absolute atomic E-state index is 9.28. The zero-order chi connectivity index (χ0) is 13.5. The Bertz CT molecular complexity index is 355. The number of ether oxygens (including phenoxy) is 1. The Morgan fingerprint density at radius 1 is 1.28 bits per heavy atom. The van der Waals surface area contributed by atoms with Gasteiger partial charge in [0.25, 0.3) is 0 Å². The molecule has 5 nitrogen and oxygen atoms in total. The van der Waals surface area contributed by atoms with E-state index in [1.165, 1.54) is 11.3 Å². The van der Waals surface area contributed by atoms with E-state index in [9.17, 15) is 5.11 Å². The number of hydrogen-bond donors (Lipinski definition) is 1. The lowest BCUT2D eigenvalue weighted by Gasteiger charge is -2.17. The van der Waals surface area contributed by atoms with E-state index in [4.69, 9.17) is 4.74 Å². The van der Waals surface area contributed by atoms with Gasteiger partial charge in [-0.3, -0.25) is 0 Å². The van der Waals surface area contributed by atoms with Crippen molar-refractivity contribution in [1.82, 2.24) is 9.88 Å². The van der Waals surface area contributed by atoms with Gasteiger partial charge in [0.2, 0.25) is 0 Å². The Labute approximate surface area is 113 Å². The topological polar surface area (TPSA) is 48.8 Å². The van der Waals surface area contributed by atoms with Gasteiger partial charge in [-0.05, 0) is 27.1 Å². The molecular formula is C12H23N3O2S. The molecule has 1 aromatic heterocycles. The summed E-state index contributed by atoms with van der Waals surface area (Å²) in [5.41, 5.74) is 0.847. The Balaban J connectivity index is 2.59. The Morgan fingerprint density at radius 3 is 2.56 bits per heavy atom. The molecule has 0 fully saturated rings. The summed E-state index contributed by atoms with van der Waals surface area (Å²) in [6.07, 6.45) is 1.09. The SMILES string of the molecule is COCc1nc(N(C)CCCN(C)C)sc1CO. The second kappa shape index (κ2) is 7.68. The maximum Gasteiger partial charge on any atom is 0.185 e. The third-order valence-corrected chi connectivity index (χ3v) is 3.81. The number of rotatable bonds is 8. The standard InChI is InChI=1S/C12H23N3O2S/c1-14(2)6-5-7-15(3)12-13-10(9-17-4)11(8-16)18-12/h16H,5-9H2,1-4H3. The number of aliphatic hydroxyl groups excluding tert-OH is 1. The number of aliphatic hydroxyl groups is 1. The normalized spacial score (nSPS) is 11.2. The molecule has 0 unspecified atom stereocenters. The lowest BCUT2D eigenvalue weighted by Crippen LogP contribution is -2.23. The summed E-state index contributed by atoms with van der Waals surface area (Å²) in [4.78, 5) is 9.71. The highest BCUT2D eigenvalue weighted by Gasteiger charge is 2.13. The van der Waals surface area contributed by atoms with E-state index < -0.39 is 0 Å². The van der Waals surface area contributed by atoms with E-state index in [0.29, 0.717) is 6.61 Å². The summed E-state index contributed by atoms with van der Waals surface area (Å²) in [5, 5.41) is 10.2. The molecule has 1 aromatic rings. The molecule has 0 atom stereocenters. The summed E-state index contributed by atoms with van der Waals surface area (Å²) >= 11 is 1.54. The number of hydrogen-bond acceptors (Lipinski definition) is 6. The van der Waals surface area contributed by atoms with Crippen LogP contribution in [0.3, 0.4) is 0 Å². The second-order valence-corrected chi connectivity index (χ2v) is 5.60. The van der Waals surface area contributed by atoms with E-state index in [-0.39, 0.29) is 6.61 Å². The average Bonchev–Trinajstić information content (AvgIpc) is 2.72. The molecule has 0 aliphatic heterocycles. The molecule has 0 radical (unpaired) electrons. The van der Waals surface area contributed by atoms with Crippen LogP contribution < -0.4 is 4.90 Å². The highest BCUT2D eigenvalue weighted by Crippen LogP contribution is 2.26. The number of aromatic nitrogens is 1. The molecular weight excluding hydrogens is 250 g/mol. The van der Waals surface area contributed by atoms with Crippen LogP contribution in [0.4, 0.5) is 5.13 Å². The van der Waals surface area contributed by atoms with Gasteiger partial charge in [0.15, 0.2) is 5.13 Å². The third-order valence-electron chi connectivity index (χ3n) is 2.62. The first-order valence-electron chi connectivity index (χ1n) is 6.02. The minimum Gasteiger partial charge on any atom is -0.391 e.